The fourth-order valence-corrected chi connectivity index (χ4v) is 4.46. The van der Waals surface area contributed by atoms with Crippen LogP contribution in [0.3, 0.4) is 0 Å². The number of anilines is 2. The third kappa shape index (κ3) is 7.31. The summed E-state index contributed by atoms with van der Waals surface area (Å²) in [6.07, 6.45) is 0. The fraction of sp³-hybridized carbons (Fsp3) is 0.115. The Morgan fingerprint density at radius 3 is 2.34 bits per heavy atom. The van der Waals surface area contributed by atoms with Crippen molar-refractivity contribution >= 4 is 44.8 Å². The monoisotopic (exact) mass is 552 g/mol. The first kappa shape index (κ1) is 26.6. The number of thiocarbonyl (C=S) groups is 1. The van der Waals surface area contributed by atoms with E-state index in [4.69, 9.17) is 26.2 Å². The lowest BCUT2D eigenvalue weighted by Gasteiger charge is -2.14. The minimum atomic E-state index is -3.86. The summed E-state index contributed by atoms with van der Waals surface area (Å²) in [6.45, 7) is 2.20. The van der Waals surface area contributed by atoms with Gasteiger partial charge in [0.05, 0.1) is 10.5 Å². The summed E-state index contributed by atoms with van der Waals surface area (Å²) in [6, 6.07) is 23.4. The first-order valence-corrected chi connectivity index (χ1v) is 13.3. The van der Waals surface area contributed by atoms with Gasteiger partial charge in [-0.1, -0.05) is 35.5 Å². The number of nitrogens with one attached hydrogen (secondary N) is 3. The Kier molecular flexibility index (Phi) is 8.56. The fourth-order valence-electron chi connectivity index (χ4n) is 3.27. The van der Waals surface area contributed by atoms with Crippen LogP contribution in [0.4, 0.5) is 11.5 Å². The molecule has 0 aliphatic heterocycles. The standard InChI is InChI=1S/C26H24N4O6S2/c1-18-17-24(29-36-18)30-38(32,33)21-13-11-19(12-14-21)27-26(37)28-25(31)22-9-5-6-10-23(22)35-16-15-34-20-7-3-2-4-8-20/h2-14,17H,15-16H2,1H3,(H,29,30)(H2,27,28,31,37). The Morgan fingerprint density at radius 1 is 0.947 bits per heavy atom. The summed E-state index contributed by atoms with van der Waals surface area (Å²) >= 11 is 5.26. The Balaban J connectivity index is 1.30. The maximum atomic E-state index is 12.8. The van der Waals surface area contributed by atoms with E-state index in [-0.39, 0.29) is 22.4 Å². The smallest absolute Gasteiger partial charge is 0.263 e. The number of ether oxygens (including phenoxy) is 2. The molecule has 0 saturated heterocycles. The van der Waals surface area contributed by atoms with Crippen molar-refractivity contribution in [1.82, 2.24) is 10.5 Å². The molecule has 0 bridgehead atoms. The van der Waals surface area contributed by atoms with Crippen LogP contribution in [0, 0.1) is 6.92 Å². The molecule has 0 aliphatic rings. The van der Waals surface area contributed by atoms with Gasteiger partial charge in [0.2, 0.25) is 0 Å². The van der Waals surface area contributed by atoms with Crippen molar-refractivity contribution in [2.45, 2.75) is 11.8 Å². The van der Waals surface area contributed by atoms with E-state index in [9.17, 15) is 13.2 Å². The zero-order valence-electron chi connectivity index (χ0n) is 20.2. The SMILES string of the molecule is Cc1cc(NS(=O)(=O)c2ccc(NC(=S)NC(=O)c3ccccc3OCCOc3ccccc3)cc2)no1. The Labute approximate surface area is 225 Å². The first-order valence-electron chi connectivity index (χ1n) is 11.4. The highest BCUT2D eigenvalue weighted by Crippen LogP contribution is 2.20. The summed E-state index contributed by atoms with van der Waals surface area (Å²) in [7, 11) is -3.86. The Morgan fingerprint density at radius 2 is 1.63 bits per heavy atom. The van der Waals surface area contributed by atoms with Crippen molar-refractivity contribution in [3.63, 3.8) is 0 Å². The zero-order chi connectivity index (χ0) is 27.0. The quantitative estimate of drug-likeness (QED) is 0.194. The highest BCUT2D eigenvalue weighted by molar-refractivity contribution is 7.92. The molecule has 196 valence electrons. The summed E-state index contributed by atoms with van der Waals surface area (Å²) in [5, 5.41) is 9.12. The Hall–Kier alpha value is -4.42. The van der Waals surface area contributed by atoms with Gasteiger partial charge in [-0.05, 0) is 67.7 Å². The predicted octanol–water partition coefficient (Wildman–Crippen LogP) is 4.37. The van der Waals surface area contributed by atoms with Gasteiger partial charge in [-0.15, -0.1) is 0 Å². The number of carbonyl (C=O) groups excluding carboxylic acids is 1. The average Bonchev–Trinajstić information content (AvgIpc) is 3.31. The van der Waals surface area contributed by atoms with Crippen molar-refractivity contribution in [1.29, 1.82) is 0 Å². The van der Waals surface area contributed by atoms with Crippen LogP contribution in [-0.4, -0.2) is 37.8 Å². The van der Waals surface area contributed by atoms with E-state index >= 15 is 0 Å². The third-order valence-electron chi connectivity index (χ3n) is 5.00. The van der Waals surface area contributed by atoms with Gasteiger partial charge in [-0.3, -0.25) is 14.8 Å². The van der Waals surface area contributed by atoms with E-state index in [0.29, 0.717) is 29.4 Å². The normalized spacial score (nSPS) is 10.9. The minimum absolute atomic E-state index is 0.0148. The largest absolute Gasteiger partial charge is 0.490 e. The van der Waals surface area contributed by atoms with Gasteiger partial charge < -0.3 is 19.3 Å². The first-order chi connectivity index (χ1) is 18.3. The molecule has 38 heavy (non-hydrogen) atoms. The number of aryl methyl sites for hydroxylation is 1. The lowest BCUT2D eigenvalue weighted by atomic mass is 10.2. The number of benzene rings is 3. The minimum Gasteiger partial charge on any atom is -0.490 e. The highest BCUT2D eigenvalue weighted by Gasteiger charge is 2.17. The van der Waals surface area contributed by atoms with Gasteiger partial charge in [0, 0.05) is 11.8 Å². The van der Waals surface area contributed by atoms with Crippen LogP contribution in [0.5, 0.6) is 11.5 Å². The second-order valence-electron chi connectivity index (χ2n) is 7.87. The highest BCUT2D eigenvalue weighted by atomic mass is 32.2. The van der Waals surface area contributed by atoms with Crippen LogP contribution in [0.2, 0.25) is 0 Å². The van der Waals surface area contributed by atoms with Crippen LogP contribution in [0.25, 0.3) is 0 Å². The zero-order valence-corrected chi connectivity index (χ0v) is 21.8. The van der Waals surface area contributed by atoms with Gasteiger partial charge >= 0.3 is 0 Å². The number of hydrogen-bond acceptors (Lipinski definition) is 8. The van der Waals surface area contributed by atoms with Crippen LogP contribution < -0.4 is 24.8 Å². The molecule has 0 radical (unpaired) electrons. The molecule has 0 saturated carbocycles. The van der Waals surface area contributed by atoms with Gasteiger partial charge in [0.15, 0.2) is 10.9 Å². The average molecular weight is 553 g/mol. The molecule has 0 fully saturated rings. The number of amides is 1. The molecule has 4 aromatic rings. The van der Waals surface area contributed by atoms with Gasteiger partial charge in [-0.25, -0.2) is 8.42 Å². The van der Waals surface area contributed by atoms with Crippen LogP contribution in [0.15, 0.2) is 94.3 Å². The molecule has 4 rings (SSSR count). The summed E-state index contributed by atoms with van der Waals surface area (Å²) in [5.41, 5.74) is 0.779. The molecule has 1 aromatic heterocycles. The molecule has 3 aromatic carbocycles. The third-order valence-corrected chi connectivity index (χ3v) is 6.58. The van der Waals surface area contributed by atoms with E-state index in [0.717, 1.165) is 5.75 Å². The molecule has 0 unspecified atom stereocenters. The van der Waals surface area contributed by atoms with Crippen molar-refractivity contribution in [3.8, 4) is 11.5 Å². The number of rotatable bonds is 10. The molecule has 3 N–H and O–H groups in total. The Bertz CT molecular complexity index is 1510. The van der Waals surface area contributed by atoms with Gasteiger partial charge in [0.1, 0.15) is 30.5 Å². The van der Waals surface area contributed by atoms with Crippen LogP contribution in [-0.2, 0) is 10.0 Å². The molecule has 1 amide bonds. The predicted molar refractivity (Wildman–Crippen MR) is 146 cm³/mol. The molecule has 12 heteroatoms. The van der Waals surface area contributed by atoms with E-state index in [1.165, 1.54) is 30.3 Å². The lowest BCUT2D eigenvalue weighted by Crippen LogP contribution is -2.34. The van der Waals surface area contributed by atoms with Crippen molar-refractivity contribution in [2.75, 3.05) is 23.3 Å². The maximum Gasteiger partial charge on any atom is 0.263 e. The van der Waals surface area contributed by atoms with Crippen LogP contribution in [0.1, 0.15) is 16.1 Å². The van der Waals surface area contributed by atoms with Crippen molar-refractivity contribution < 1.29 is 27.2 Å². The molecule has 0 spiro atoms. The number of para-hydroxylation sites is 2. The molecule has 10 nitrogen and oxygen atoms in total. The summed E-state index contributed by atoms with van der Waals surface area (Å²) in [4.78, 5) is 12.8. The van der Waals surface area contributed by atoms with E-state index in [2.05, 4.69) is 20.5 Å². The number of aromatic nitrogens is 1. The summed E-state index contributed by atoms with van der Waals surface area (Å²) < 4.78 is 43.6. The van der Waals surface area contributed by atoms with Gasteiger partial charge in [0.25, 0.3) is 15.9 Å². The number of sulfonamides is 1. The van der Waals surface area contributed by atoms with E-state index < -0.39 is 15.9 Å². The topological polar surface area (TPSA) is 132 Å². The number of nitrogens with zero attached hydrogens (tertiary/aromatic N) is 1. The maximum absolute atomic E-state index is 12.8. The number of carbonyl (C=O) groups is 1. The van der Waals surface area contributed by atoms with Crippen LogP contribution >= 0.6 is 12.2 Å². The van der Waals surface area contributed by atoms with Crippen molar-refractivity contribution in [2.24, 2.45) is 0 Å². The molecular weight excluding hydrogens is 528 g/mol. The summed E-state index contributed by atoms with van der Waals surface area (Å²) in [5.74, 6) is 1.21. The van der Waals surface area contributed by atoms with E-state index in [1.807, 2.05) is 30.3 Å². The molecular formula is C26H24N4O6S2. The second-order valence-corrected chi connectivity index (χ2v) is 9.96. The van der Waals surface area contributed by atoms with E-state index in [1.54, 1.807) is 31.2 Å². The molecule has 1 heterocycles. The van der Waals surface area contributed by atoms with Gasteiger partial charge in [-0.2, -0.15) is 0 Å². The number of hydrogen-bond donors (Lipinski definition) is 3. The second kappa shape index (κ2) is 12.2. The molecule has 0 atom stereocenters. The molecule has 0 aliphatic carbocycles. The van der Waals surface area contributed by atoms with Crippen molar-refractivity contribution in [3.05, 3.63) is 96.3 Å². The lowest BCUT2D eigenvalue weighted by molar-refractivity contribution is 0.0972.